The van der Waals surface area contributed by atoms with Crippen molar-refractivity contribution in [3.8, 4) is 5.69 Å². The van der Waals surface area contributed by atoms with Crippen molar-refractivity contribution >= 4 is 28.9 Å². The molecular formula is C23H22F3N5O3. The molecule has 2 amide bonds. The Morgan fingerprint density at radius 1 is 1.12 bits per heavy atom. The minimum Gasteiger partial charge on any atom is -0.444 e. The summed E-state index contributed by atoms with van der Waals surface area (Å²) in [5, 5.41) is 2.75. The topological polar surface area (TPSA) is 89.3 Å². The number of nitrogens with zero attached hydrogens (tertiary/aromatic N) is 4. The molecule has 0 unspecified atom stereocenters. The van der Waals surface area contributed by atoms with Crippen molar-refractivity contribution in [1.82, 2.24) is 19.4 Å². The molecular weight excluding hydrogens is 451 g/mol. The maximum absolute atomic E-state index is 13.4. The third-order valence-electron chi connectivity index (χ3n) is 5.69. The first kappa shape index (κ1) is 22.2. The molecule has 2 aliphatic rings. The molecule has 11 heteroatoms. The number of likely N-dealkylation sites (tertiary alicyclic amines) is 1. The zero-order valence-electron chi connectivity index (χ0n) is 18.7. The van der Waals surface area contributed by atoms with Crippen LogP contribution in [0.3, 0.4) is 0 Å². The summed E-state index contributed by atoms with van der Waals surface area (Å²) in [6.07, 6.45) is -4.88. The second kappa shape index (κ2) is 7.44. The van der Waals surface area contributed by atoms with Gasteiger partial charge in [0.25, 0.3) is 0 Å². The van der Waals surface area contributed by atoms with Gasteiger partial charge in [0.2, 0.25) is 5.91 Å². The molecule has 0 radical (unpaired) electrons. The minimum atomic E-state index is -4.61. The van der Waals surface area contributed by atoms with Gasteiger partial charge < -0.3 is 15.0 Å². The van der Waals surface area contributed by atoms with E-state index in [1.54, 1.807) is 43.5 Å². The van der Waals surface area contributed by atoms with E-state index in [1.807, 2.05) is 0 Å². The molecule has 1 N–H and O–H groups in total. The minimum absolute atomic E-state index is 0.0674. The van der Waals surface area contributed by atoms with Gasteiger partial charge in [0, 0.05) is 24.5 Å². The molecule has 1 aromatic carbocycles. The number of pyridine rings is 1. The molecule has 1 fully saturated rings. The number of benzene rings is 1. The molecule has 1 saturated heterocycles. The van der Waals surface area contributed by atoms with Crippen LogP contribution in [0.25, 0.3) is 16.9 Å². The van der Waals surface area contributed by atoms with Gasteiger partial charge in [-0.25, -0.2) is 14.8 Å². The molecule has 2 aliphatic heterocycles. The molecule has 5 rings (SSSR count). The Bertz CT molecular complexity index is 1320. The number of rotatable bonds is 2. The van der Waals surface area contributed by atoms with E-state index in [0.29, 0.717) is 35.8 Å². The van der Waals surface area contributed by atoms with Crippen molar-refractivity contribution in [2.24, 2.45) is 0 Å². The van der Waals surface area contributed by atoms with Crippen LogP contribution in [0, 0.1) is 0 Å². The predicted octanol–water partition coefficient (Wildman–Crippen LogP) is 4.27. The van der Waals surface area contributed by atoms with Gasteiger partial charge in [-0.1, -0.05) is 0 Å². The third-order valence-corrected chi connectivity index (χ3v) is 5.69. The highest BCUT2D eigenvalue weighted by molar-refractivity contribution is 5.99. The fourth-order valence-corrected chi connectivity index (χ4v) is 4.13. The van der Waals surface area contributed by atoms with E-state index >= 15 is 0 Å². The zero-order chi connectivity index (χ0) is 24.4. The van der Waals surface area contributed by atoms with E-state index in [9.17, 15) is 22.8 Å². The lowest BCUT2D eigenvalue weighted by Gasteiger charge is -2.39. The number of anilines is 1. The molecule has 0 spiro atoms. The summed E-state index contributed by atoms with van der Waals surface area (Å²) < 4.78 is 47.2. The summed E-state index contributed by atoms with van der Waals surface area (Å²) in [7, 11) is 0. The summed E-state index contributed by atoms with van der Waals surface area (Å²) >= 11 is 0. The first-order valence-corrected chi connectivity index (χ1v) is 10.8. The monoisotopic (exact) mass is 473 g/mol. The zero-order valence-corrected chi connectivity index (χ0v) is 18.7. The van der Waals surface area contributed by atoms with Crippen LogP contribution in [0.15, 0.2) is 30.3 Å². The van der Waals surface area contributed by atoms with E-state index in [2.05, 4.69) is 15.3 Å². The highest BCUT2D eigenvalue weighted by Crippen LogP contribution is 2.35. The standard InChI is InChI=1S/C23H22F3N5O3/c1-22(2,3)34-21(33)30-10-13(11-30)19-28-16-6-7-17(23(24,25)26)29-20(16)31(19)14-4-5-15-12(8-14)9-18(32)27-15/h4-8,13H,9-11H2,1-3H3,(H,27,32). The summed E-state index contributed by atoms with van der Waals surface area (Å²) in [6.45, 7) is 5.96. The van der Waals surface area contributed by atoms with Crippen LogP contribution in [0.4, 0.5) is 23.7 Å². The van der Waals surface area contributed by atoms with E-state index in [0.717, 1.165) is 11.6 Å². The first-order valence-electron chi connectivity index (χ1n) is 10.8. The van der Waals surface area contributed by atoms with Crippen molar-refractivity contribution in [1.29, 1.82) is 0 Å². The molecule has 4 heterocycles. The third kappa shape index (κ3) is 3.95. The van der Waals surface area contributed by atoms with Gasteiger partial charge in [-0.05, 0) is 56.7 Å². The van der Waals surface area contributed by atoms with Gasteiger partial charge in [-0.2, -0.15) is 13.2 Å². The number of carbonyl (C=O) groups excluding carboxylic acids is 2. The molecule has 8 nitrogen and oxygen atoms in total. The molecule has 3 aromatic rings. The maximum Gasteiger partial charge on any atom is 0.433 e. The first-order chi connectivity index (χ1) is 15.9. The number of hydrogen-bond donors (Lipinski definition) is 1. The average Bonchev–Trinajstić information content (AvgIpc) is 3.22. The molecule has 0 atom stereocenters. The van der Waals surface area contributed by atoms with Crippen LogP contribution < -0.4 is 5.32 Å². The Morgan fingerprint density at radius 3 is 2.53 bits per heavy atom. The summed E-state index contributed by atoms with van der Waals surface area (Å²) in [5.41, 5.74) is 0.689. The van der Waals surface area contributed by atoms with E-state index in [4.69, 9.17) is 4.74 Å². The van der Waals surface area contributed by atoms with Gasteiger partial charge >= 0.3 is 12.3 Å². The highest BCUT2D eigenvalue weighted by Gasteiger charge is 2.39. The molecule has 2 aromatic heterocycles. The van der Waals surface area contributed by atoms with Gasteiger partial charge in [0.05, 0.1) is 12.3 Å². The number of halogens is 3. The van der Waals surface area contributed by atoms with E-state index in [1.165, 1.54) is 11.0 Å². The quantitative estimate of drug-likeness (QED) is 0.601. The van der Waals surface area contributed by atoms with Crippen LogP contribution in [-0.4, -0.2) is 50.1 Å². The average molecular weight is 473 g/mol. The number of hydrogen-bond acceptors (Lipinski definition) is 5. The van der Waals surface area contributed by atoms with Crippen molar-refractivity contribution < 1.29 is 27.5 Å². The van der Waals surface area contributed by atoms with Crippen molar-refractivity contribution in [2.45, 2.75) is 44.9 Å². The summed E-state index contributed by atoms with van der Waals surface area (Å²) in [4.78, 5) is 34.1. The molecule has 0 aliphatic carbocycles. The van der Waals surface area contributed by atoms with Crippen LogP contribution >= 0.6 is 0 Å². The second-order valence-electron chi connectivity index (χ2n) is 9.49. The Labute approximate surface area is 192 Å². The van der Waals surface area contributed by atoms with Crippen molar-refractivity contribution in [3.05, 3.63) is 47.4 Å². The highest BCUT2D eigenvalue weighted by atomic mass is 19.4. The Balaban J connectivity index is 1.56. The lowest BCUT2D eigenvalue weighted by molar-refractivity contribution is -0.141. The maximum atomic E-state index is 13.4. The second-order valence-corrected chi connectivity index (χ2v) is 9.49. The molecule has 178 valence electrons. The normalized spacial score (nSPS) is 16.4. The molecule has 34 heavy (non-hydrogen) atoms. The number of carbonyl (C=O) groups is 2. The number of amides is 2. The SMILES string of the molecule is CC(C)(C)OC(=O)N1CC(c2nc3ccc(C(F)(F)F)nc3n2-c2ccc3c(c2)CC(=O)N3)C1. The lowest BCUT2D eigenvalue weighted by Crippen LogP contribution is -2.50. The van der Waals surface area contributed by atoms with Crippen LogP contribution in [0.5, 0.6) is 0 Å². The molecule has 0 saturated carbocycles. The Hall–Kier alpha value is -3.63. The van der Waals surface area contributed by atoms with Gasteiger partial charge in [0.1, 0.15) is 22.6 Å². The number of imidazole rings is 1. The smallest absolute Gasteiger partial charge is 0.433 e. The Kier molecular flexibility index (Phi) is 4.85. The van der Waals surface area contributed by atoms with Crippen molar-refractivity contribution in [2.75, 3.05) is 18.4 Å². The summed E-state index contributed by atoms with van der Waals surface area (Å²) in [6, 6.07) is 7.38. The summed E-state index contributed by atoms with van der Waals surface area (Å²) in [5.74, 6) is 0.135. The van der Waals surface area contributed by atoms with Gasteiger partial charge in [0.15, 0.2) is 5.65 Å². The fourth-order valence-electron chi connectivity index (χ4n) is 4.13. The van der Waals surface area contributed by atoms with Crippen LogP contribution in [0.1, 0.15) is 43.8 Å². The number of nitrogens with one attached hydrogen (secondary N) is 1. The number of fused-ring (bicyclic) bond motifs is 2. The van der Waals surface area contributed by atoms with E-state index in [-0.39, 0.29) is 23.9 Å². The van der Waals surface area contributed by atoms with Crippen LogP contribution in [-0.2, 0) is 22.1 Å². The van der Waals surface area contributed by atoms with Crippen molar-refractivity contribution in [3.63, 3.8) is 0 Å². The number of ether oxygens (including phenoxy) is 1. The van der Waals surface area contributed by atoms with Crippen LogP contribution in [0.2, 0.25) is 0 Å². The largest absolute Gasteiger partial charge is 0.444 e. The Morgan fingerprint density at radius 2 is 1.85 bits per heavy atom. The van der Waals surface area contributed by atoms with Gasteiger partial charge in [-0.15, -0.1) is 0 Å². The lowest BCUT2D eigenvalue weighted by atomic mass is 9.99. The molecule has 0 bridgehead atoms. The number of alkyl halides is 3. The van der Waals surface area contributed by atoms with E-state index < -0.39 is 23.6 Å². The van der Waals surface area contributed by atoms with Gasteiger partial charge in [-0.3, -0.25) is 9.36 Å². The fraction of sp³-hybridized carbons (Fsp3) is 0.391. The number of aromatic nitrogens is 3. The predicted molar refractivity (Wildman–Crippen MR) is 117 cm³/mol.